The summed E-state index contributed by atoms with van der Waals surface area (Å²) in [6, 6.07) is 7.75. The number of nitrogen functional groups attached to an aromatic ring is 1. The van der Waals surface area contributed by atoms with Crippen LogP contribution in [0.4, 0.5) is 5.69 Å². The zero-order chi connectivity index (χ0) is 8.39. The van der Waals surface area contributed by atoms with E-state index in [1.165, 1.54) is 0 Å². The zero-order valence-corrected chi connectivity index (χ0v) is 7.97. The number of amidine groups is 1. The van der Waals surface area contributed by atoms with Crippen molar-refractivity contribution >= 4 is 23.9 Å². The maximum atomic E-state index is 5.64. The minimum absolute atomic E-state index is 0. The molecule has 3 N–H and O–H groups in total. The predicted octanol–water partition coefficient (Wildman–Crippen LogP) is 1.04. The van der Waals surface area contributed by atoms with Gasteiger partial charge in [-0.3, -0.25) is 4.99 Å². The summed E-state index contributed by atoms with van der Waals surface area (Å²) in [5.74, 6) is 0.960. The first-order valence-corrected chi connectivity index (χ1v) is 4.00. The van der Waals surface area contributed by atoms with Crippen LogP contribution in [0.5, 0.6) is 0 Å². The van der Waals surface area contributed by atoms with Crippen molar-refractivity contribution in [2.45, 2.75) is 0 Å². The number of aliphatic imine (C=N–C) groups is 1. The van der Waals surface area contributed by atoms with Gasteiger partial charge in [0.15, 0.2) is 0 Å². The van der Waals surface area contributed by atoms with Crippen LogP contribution < -0.4 is 11.1 Å². The molecule has 0 bridgehead atoms. The first-order valence-electron chi connectivity index (χ1n) is 4.00. The fraction of sp³-hybridized carbons (Fsp3) is 0.222. The summed E-state index contributed by atoms with van der Waals surface area (Å²) in [4.78, 5) is 4.30. The van der Waals surface area contributed by atoms with Crippen molar-refractivity contribution in [2.75, 3.05) is 18.8 Å². The van der Waals surface area contributed by atoms with Gasteiger partial charge >= 0.3 is 0 Å². The van der Waals surface area contributed by atoms with E-state index in [9.17, 15) is 0 Å². The number of nitrogens with one attached hydrogen (secondary N) is 1. The first-order chi connectivity index (χ1) is 5.86. The van der Waals surface area contributed by atoms with Crippen LogP contribution in [0, 0.1) is 0 Å². The molecule has 1 aliphatic heterocycles. The average Bonchev–Trinajstić information content (AvgIpc) is 2.56. The van der Waals surface area contributed by atoms with Crippen LogP contribution in [0.15, 0.2) is 29.3 Å². The summed E-state index contributed by atoms with van der Waals surface area (Å²) in [7, 11) is 0. The number of halogens is 1. The van der Waals surface area contributed by atoms with Crippen LogP contribution in [-0.4, -0.2) is 18.9 Å². The van der Waals surface area contributed by atoms with E-state index in [0.29, 0.717) is 0 Å². The molecule has 0 aromatic heterocycles. The number of nitrogens with two attached hydrogens (primary N) is 1. The second-order valence-electron chi connectivity index (χ2n) is 2.78. The third kappa shape index (κ3) is 2.12. The van der Waals surface area contributed by atoms with Crippen molar-refractivity contribution in [1.29, 1.82) is 0 Å². The van der Waals surface area contributed by atoms with E-state index in [4.69, 9.17) is 5.73 Å². The van der Waals surface area contributed by atoms with Gasteiger partial charge in [0, 0.05) is 17.8 Å². The van der Waals surface area contributed by atoms with Crippen molar-refractivity contribution in [3.05, 3.63) is 29.8 Å². The molecule has 0 aliphatic carbocycles. The first kappa shape index (κ1) is 9.86. The molecule has 13 heavy (non-hydrogen) atoms. The molecule has 1 aromatic rings. The average molecular weight is 198 g/mol. The lowest BCUT2D eigenvalue weighted by atomic mass is 10.2. The van der Waals surface area contributed by atoms with E-state index in [1.807, 2.05) is 24.3 Å². The summed E-state index contributed by atoms with van der Waals surface area (Å²) < 4.78 is 0. The molecule has 0 saturated carbocycles. The van der Waals surface area contributed by atoms with Gasteiger partial charge in [-0.1, -0.05) is 12.1 Å². The Hall–Kier alpha value is -1.22. The SMILES string of the molecule is Cl.Nc1cccc(C2=NCCN2)c1. The number of hydrogen-bond donors (Lipinski definition) is 2. The number of nitrogens with zero attached hydrogens (tertiary/aromatic N) is 1. The van der Waals surface area contributed by atoms with E-state index in [0.717, 1.165) is 30.2 Å². The highest BCUT2D eigenvalue weighted by Gasteiger charge is 2.06. The van der Waals surface area contributed by atoms with Gasteiger partial charge in [0.2, 0.25) is 0 Å². The standard InChI is InChI=1S/C9H11N3.ClH/c10-8-3-1-2-7(6-8)9-11-4-5-12-9;/h1-3,6H,4-5,10H2,(H,11,12);1H. The maximum absolute atomic E-state index is 5.64. The van der Waals surface area contributed by atoms with Crippen LogP contribution in [0.1, 0.15) is 5.56 Å². The Bertz CT molecular complexity index is 322. The summed E-state index contributed by atoms with van der Waals surface area (Å²) in [6.45, 7) is 1.80. The largest absolute Gasteiger partial charge is 0.399 e. The molecule has 0 radical (unpaired) electrons. The normalized spacial score (nSPS) is 14.3. The molecular formula is C9H12ClN3. The van der Waals surface area contributed by atoms with Gasteiger partial charge < -0.3 is 11.1 Å². The summed E-state index contributed by atoms with van der Waals surface area (Å²) in [5.41, 5.74) is 7.50. The van der Waals surface area contributed by atoms with Gasteiger partial charge in [-0.15, -0.1) is 12.4 Å². The molecule has 1 aliphatic rings. The third-order valence-electron chi connectivity index (χ3n) is 1.83. The van der Waals surface area contributed by atoms with Crippen molar-refractivity contribution in [2.24, 2.45) is 4.99 Å². The van der Waals surface area contributed by atoms with Crippen LogP contribution in [0.2, 0.25) is 0 Å². The van der Waals surface area contributed by atoms with Crippen LogP contribution >= 0.6 is 12.4 Å². The molecule has 1 aromatic carbocycles. The fourth-order valence-corrected chi connectivity index (χ4v) is 1.28. The van der Waals surface area contributed by atoms with Gasteiger partial charge in [-0.25, -0.2) is 0 Å². The van der Waals surface area contributed by atoms with Gasteiger partial charge in [0.25, 0.3) is 0 Å². The molecule has 2 rings (SSSR count). The molecule has 4 heteroatoms. The van der Waals surface area contributed by atoms with Crippen LogP contribution in [0.3, 0.4) is 0 Å². The van der Waals surface area contributed by atoms with Crippen molar-refractivity contribution in [3.63, 3.8) is 0 Å². The second-order valence-corrected chi connectivity index (χ2v) is 2.78. The topological polar surface area (TPSA) is 50.4 Å². The summed E-state index contributed by atoms with van der Waals surface area (Å²) in [5, 5.41) is 3.19. The Labute approximate surface area is 83.5 Å². The van der Waals surface area contributed by atoms with E-state index in [2.05, 4.69) is 10.3 Å². The lowest BCUT2D eigenvalue weighted by molar-refractivity contribution is 0.960. The van der Waals surface area contributed by atoms with Gasteiger partial charge in [0.05, 0.1) is 6.54 Å². The van der Waals surface area contributed by atoms with Crippen LogP contribution in [-0.2, 0) is 0 Å². The van der Waals surface area contributed by atoms with Crippen LogP contribution in [0.25, 0.3) is 0 Å². The highest BCUT2D eigenvalue weighted by molar-refractivity contribution is 6.00. The quantitative estimate of drug-likeness (QED) is 0.661. The number of hydrogen-bond acceptors (Lipinski definition) is 3. The van der Waals surface area contributed by atoms with E-state index in [1.54, 1.807) is 0 Å². The molecule has 0 saturated heterocycles. The molecule has 0 amide bonds. The predicted molar refractivity (Wildman–Crippen MR) is 57.5 cm³/mol. The minimum Gasteiger partial charge on any atom is -0.399 e. The highest BCUT2D eigenvalue weighted by atomic mass is 35.5. The number of benzene rings is 1. The number of rotatable bonds is 1. The molecular weight excluding hydrogens is 186 g/mol. The van der Waals surface area contributed by atoms with E-state index >= 15 is 0 Å². The van der Waals surface area contributed by atoms with Crippen molar-refractivity contribution < 1.29 is 0 Å². The maximum Gasteiger partial charge on any atom is 0.128 e. The van der Waals surface area contributed by atoms with E-state index in [-0.39, 0.29) is 12.4 Å². The Balaban J connectivity index is 0.000000845. The Morgan fingerprint density at radius 3 is 2.85 bits per heavy atom. The molecule has 1 heterocycles. The second kappa shape index (κ2) is 4.14. The molecule has 0 unspecified atom stereocenters. The highest BCUT2D eigenvalue weighted by Crippen LogP contribution is 2.08. The fourth-order valence-electron chi connectivity index (χ4n) is 1.28. The third-order valence-corrected chi connectivity index (χ3v) is 1.83. The van der Waals surface area contributed by atoms with Crippen molar-refractivity contribution in [1.82, 2.24) is 5.32 Å². The van der Waals surface area contributed by atoms with Gasteiger partial charge in [-0.2, -0.15) is 0 Å². The lowest BCUT2D eigenvalue weighted by Crippen LogP contribution is -2.19. The van der Waals surface area contributed by atoms with Crippen molar-refractivity contribution in [3.8, 4) is 0 Å². The molecule has 0 spiro atoms. The molecule has 3 nitrogen and oxygen atoms in total. The summed E-state index contributed by atoms with van der Waals surface area (Å²) in [6.07, 6.45) is 0. The van der Waals surface area contributed by atoms with E-state index < -0.39 is 0 Å². The lowest BCUT2D eigenvalue weighted by Gasteiger charge is -2.02. The zero-order valence-electron chi connectivity index (χ0n) is 7.16. The number of anilines is 1. The molecule has 0 atom stereocenters. The minimum atomic E-state index is 0. The monoisotopic (exact) mass is 197 g/mol. The molecule has 0 fully saturated rings. The van der Waals surface area contributed by atoms with Gasteiger partial charge in [0.1, 0.15) is 5.84 Å². The Morgan fingerprint density at radius 2 is 2.23 bits per heavy atom. The Morgan fingerprint density at radius 1 is 1.38 bits per heavy atom. The van der Waals surface area contributed by atoms with Gasteiger partial charge in [-0.05, 0) is 12.1 Å². The summed E-state index contributed by atoms with van der Waals surface area (Å²) >= 11 is 0. The Kier molecular flexibility index (Phi) is 3.14. The smallest absolute Gasteiger partial charge is 0.128 e. The molecule has 70 valence electrons.